The van der Waals surface area contributed by atoms with Gasteiger partial charge in [0.2, 0.25) is 5.91 Å². The summed E-state index contributed by atoms with van der Waals surface area (Å²) in [7, 11) is 0. The first kappa shape index (κ1) is 15.2. The lowest BCUT2D eigenvalue weighted by Crippen LogP contribution is -2.23. The van der Waals surface area contributed by atoms with Crippen molar-refractivity contribution in [3.63, 3.8) is 0 Å². The number of aryl methyl sites for hydroxylation is 1. The number of aliphatic hydroxyl groups is 1. The summed E-state index contributed by atoms with van der Waals surface area (Å²) in [6.07, 6.45) is 4.03. The quantitative estimate of drug-likeness (QED) is 0.564. The Morgan fingerprint density at radius 2 is 2.44 bits per heavy atom. The van der Waals surface area contributed by atoms with Crippen molar-refractivity contribution in [1.82, 2.24) is 10.3 Å². The van der Waals surface area contributed by atoms with Crippen molar-refractivity contribution < 1.29 is 9.90 Å². The molecule has 1 heterocycles. The molecule has 0 saturated heterocycles. The number of carbonyl (C=O) groups excluding carboxylic acids is 1. The molecule has 0 saturated carbocycles. The highest BCUT2D eigenvalue weighted by atomic mass is 32.2. The molecular formula is C12H18N2O2S2. The molecule has 0 radical (unpaired) electrons. The average Bonchev–Trinajstić information content (AvgIpc) is 2.77. The highest BCUT2D eigenvalue weighted by Gasteiger charge is 1.97. The Bertz CT molecular complexity index is 391. The maximum absolute atomic E-state index is 11.4. The van der Waals surface area contributed by atoms with Crippen LogP contribution in [0, 0.1) is 6.92 Å². The summed E-state index contributed by atoms with van der Waals surface area (Å²) >= 11 is 3.30. The lowest BCUT2D eigenvalue weighted by Gasteiger charge is -2.01. The summed E-state index contributed by atoms with van der Waals surface area (Å²) in [6.45, 7) is 2.82. The Morgan fingerprint density at radius 1 is 1.61 bits per heavy atom. The fraction of sp³-hybridized carbons (Fsp3) is 0.500. The van der Waals surface area contributed by atoms with Crippen molar-refractivity contribution in [3.8, 4) is 0 Å². The van der Waals surface area contributed by atoms with E-state index in [1.165, 1.54) is 6.08 Å². The van der Waals surface area contributed by atoms with Gasteiger partial charge in [-0.1, -0.05) is 0 Å². The van der Waals surface area contributed by atoms with E-state index >= 15 is 0 Å². The number of nitrogens with zero attached hydrogens (tertiary/aromatic N) is 1. The normalized spacial score (nSPS) is 11.0. The van der Waals surface area contributed by atoms with Crippen molar-refractivity contribution >= 4 is 35.1 Å². The second-order valence-electron chi connectivity index (χ2n) is 3.61. The maximum Gasteiger partial charge on any atom is 0.244 e. The molecule has 4 nitrogen and oxygen atoms in total. The van der Waals surface area contributed by atoms with E-state index in [0.29, 0.717) is 6.54 Å². The molecule has 2 N–H and O–H groups in total. The highest BCUT2D eigenvalue weighted by molar-refractivity contribution is 7.99. The van der Waals surface area contributed by atoms with Gasteiger partial charge in [-0.25, -0.2) is 4.98 Å². The van der Waals surface area contributed by atoms with Gasteiger partial charge >= 0.3 is 0 Å². The minimum Gasteiger partial charge on any atom is -0.396 e. The highest BCUT2D eigenvalue weighted by Crippen LogP contribution is 2.08. The van der Waals surface area contributed by atoms with E-state index in [1.54, 1.807) is 29.2 Å². The molecule has 0 bridgehead atoms. The molecular weight excluding hydrogens is 268 g/mol. The predicted molar refractivity (Wildman–Crippen MR) is 77.9 cm³/mol. The third kappa shape index (κ3) is 6.78. The van der Waals surface area contributed by atoms with Gasteiger partial charge in [0.25, 0.3) is 0 Å². The molecule has 0 aliphatic heterocycles. The standard InChI is InChI=1S/C12H18N2O2S2/c1-10-14-11(9-18-10)3-4-12(16)13-5-8-17-7-2-6-15/h3-4,9,15H,2,5-8H2,1H3,(H,13,16)/b4-3+. The number of carbonyl (C=O) groups is 1. The predicted octanol–water partition coefficient (Wildman–Crippen LogP) is 1.70. The van der Waals surface area contributed by atoms with E-state index in [-0.39, 0.29) is 12.5 Å². The molecule has 0 aromatic carbocycles. The van der Waals surface area contributed by atoms with Crippen LogP contribution >= 0.6 is 23.1 Å². The van der Waals surface area contributed by atoms with Crippen LogP contribution in [0.5, 0.6) is 0 Å². The lowest BCUT2D eigenvalue weighted by atomic mass is 10.4. The maximum atomic E-state index is 11.4. The van der Waals surface area contributed by atoms with E-state index in [4.69, 9.17) is 5.11 Å². The van der Waals surface area contributed by atoms with Gasteiger partial charge in [-0.05, 0) is 25.2 Å². The number of nitrogens with one attached hydrogen (secondary N) is 1. The number of amides is 1. The number of hydrogen-bond donors (Lipinski definition) is 2. The van der Waals surface area contributed by atoms with Crippen LogP contribution in [0.2, 0.25) is 0 Å². The molecule has 0 aliphatic rings. The zero-order chi connectivity index (χ0) is 13.2. The summed E-state index contributed by atoms with van der Waals surface area (Å²) in [6, 6.07) is 0. The van der Waals surface area contributed by atoms with Crippen molar-refractivity contribution in [2.45, 2.75) is 13.3 Å². The van der Waals surface area contributed by atoms with Gasteiger partial charge in [0.1, 0.15) is 0 Å². The zero-order valence-corrected chi connectivity index (χ0v) is 12.0. The monoisotopic (exact) mass is 286 g/mol. The minimum atomic E-state index is -0.0941. The smallest absolute Gasteiger partial charge is 0.244 e. The van der Waals surface area contributed by atoms with Crippen LogP contribution in [-0.4, -0.2) is 40.7 Å². The Hall–Kier alpha value is -0.850. The second kappa shape index (κ2) is 9.13. The van der Waals surface area contributed by atoms with Gasteiger partial charge in [-0.2, -0.15) is 11.8 Å². The van der Waals surface area contributed by atoms with E-state index in [2.05, 4.69) is 10.3 Å². The molecule has 18 heavy (non-hydrogen) atoms. The number of thioether (sulfide) groups is 1. The molecule has 1 amide bonds. The molecule has 0 spiro atoms. The molecule has 1 rings (SSSR count). The second-order valence-corrected chi connectivity index (χ2v) is 5.89. The zero-order valence-electron chi connectivity index (χ0n) is 10.4. The number of aromatic nitrogens is 1. The Labute approximate surface area is 116 Å². The molecule has 0 fully saturated rings. The van der Waals surface area contributed by atoms with E-state index in [0.717, 1.165) is 28.6 Å². The van der Waals surface area contributed by atoms with E-state index in [9.17, 15) is 4.79 Å². The average molecular weight is 286 g/mol. The molecule has 1 aromatic heterocycles. The Kier molecular flexibility index (Phi) is 7.71. The van der Waals surface area contributed by atoms with Crippen LogP contribution in [-0.2, 0) is 4.79 Å². The third-order valence-corrected chi connectivity index (χ3v) is 3.90. The van der Waals surface area contributed by atoms with Gasteiger partial charge in [0, 0.05) is 30.4 Å². The van der Waals surface area contributed by atoms with Crippen molar-refractivity contribution in [3.05, 3.63) is 22.2 Å². The largest absolute Gasteiger partial charge is 0.396 e. The van der Waals surface area contributed by atoms with Gasteiger partial charge in [0.15, 0.2) is 0 Å². The summed E-state index contributed by atoms with van der Waals surface area (Å²) in [5, 5.41) is 14.3. The number of thiazole rings is 1. The van der Waals surface area contributed by atoms with Crippen molar-refractivity contribution in [1.29, 1.82) is 0 Å². The summed E-state index contributed by atoms with van der Waals surface area (Å²) in [5.74, 6) is 1.71. The van der Waals surface area contributed by atoms with Crippen molar-refractivity contribution in [2.24, 2.45) is 0 Å². The van der Waals surface area contributed by atoms with Crippen LogP contribution in [0.15, 0.2) is 11.5 Å². The van der Waals surface area contributed by atoms with Crippen LogP contribution in [0.3, 0.4) is 0 Å². The van der Waals surface area contributed by atoms with E-state index < -0.39 is 0 Å². The first-order valence-corrected chi connectivity index (χ1v) is 7.82. The molecule has 1 aromatic rings. The van der Waals surface area contributed by atoms with Crippen LogP contribution < -0.4 is 5.32 Å². The molecule has 100 valence electrons. The number of hydrogen-bond acceptors (Lipinski definition) is 5. The molecule has 0 unspecified atom stereocenters. The first-order valence-electron chi connectivity index (χ1n) is 5.79. The molecule has 0 atom stereocenters. The van der Waals surface area contributed by atoms with Crippen LogP contribution in [0.4, 0.5) is 0 Å². The Balaban J connectivity index is 2.12. The summed E-state index contributed by atoms with van der Waals surface area (Å²) < 4.78 is 0. The first-order chi connectivity index (χ1) is 8.72. The topological polar surface area (TPSA) is 62.2 Å². The minimum absolute atomic E-state index is 0.0941. The molecule has 0 aliphatic carbocycles. The number of aliphatic hydroxyl groups excluding tert-OH is 1. The van der Waals surface area contributed by atoms with Gasteiger partial charge < -0.3 is 10.4 Å². The van der Waals surface area contributed by atoms with Gasteiger partial charge in [-0.15, -0.1) is 11.3 Å². The molecule has 6 heteroatoms. The van der Waals surface area contributed by atoms with Crippen LogP contribution in [0.25, 0.3) is 6.08 Å². The van der Waals surface area contributed by atoms with E-state index in [1.807, 2.05) is 12.3 Å². The fourth-order valence-corrected chi connectivity index (χ4v) is 2.56. The van der Waals surface area contributed by atoms with Crippen LogP contribution in [0.1, 0.15) is 17.1 Å². The third-order valence-electron chi connectivity index (χ3n) is 2.03. The Morgan fingerprint density at radius 3 is 3.11 bits per heavy atom. The summed E-state index contributed by atoms with van der Waals surface area (Å²) in [4.78, 5) is 15.7. The van der Waals surface area contributed by atoms with Crippen molar-refractivity contribution in [2.75, 3.05) is 24.7 Å². The van der Waals surface area contributed by atoms with Gasteiger partial charge in [-0.3, -0.25) is 4.79 Å². The summed E-state index contributed by atoms with van der Waals surface area (Å²) in [5.41, 5.74) is 0.824. The number of rotatable bonds is 8. The SMILES string of the molecule is Cc1nc(/C=C/C(=O)NCCSCCCO)cs1. The lowest BCUT2D eigenvalue weighted by molar-refractivity contribution is -0.116. The van der Waals surface area contributed by atoms with Gasteiger partial charge in [0.05, 0.1) is 10.7 Å². The fourth-order valence-electron chi connectivity index (χ4n) is 1.19.